The fraction of sp³-hybridized carbons (Fsp3) is 0.269. The summed E-state index contributed by atoms with van der Waals surface area (Å²) in [7, 11) is 29.0. The normalized spacial score (nSPS) is 16.8. The van der Waals surface area contributed by atoms with Crippen LogP contribution in [0.4, 0.5) is 10.3 Å². The molecule has 3 heterocycles. The molecule has 0 saturated heterocycles. The smallest absolute Gasteiger partial charge is 0.208 e. The van der Waals surface area contributed by atoms with Gasteiger partial charge in [0.25, 0.3) is 0 Å². The lowest BCUT2D eigenvalue weighted by molar-refractivity contribution is 0.311. The lowest BCUT2D eigenvalue weighted by Gasteiger charge is -2.32. The lowest BCUT2D eigenvalue weighted by atomic mass is 9.55. The number of fused-ring (bicyclic) bond motifs is 2. The molecule has 0 saturated carbocycles. The topological polar surface area (TPSA) is 78.5 Å². The van der Waals surface area contributed by atoms with E-state index in [1.54, 1.807) is 10.6 Å². The Morgan fingerprint density at radius 3 is 2.66 bits per heavy atom. The molecule has 0 aliphatic carbocycles. The van der Waals surface area contributed by atoms with Crippen LogP contribution in [0.5, 0.6) is 5.75 Å². The van der Waals surface area contributed by atoms with Gasteiger partial charge in [-0.25, -0.2) is 14.4 Å². The van der Waals surface area contributed by atoms with Crippen molar-refractivity contribution in [1.82, 2.24) is 19.3 Å². The highest BCUT2D eigenvalue weighted by Gasteiger charge is 2.36. The number of imidazole rings is 1. The first kappa shape index (κ1) is 25.9. The van der Waals surface area contributed by atoms with Crippen molar-refractivity contribution in [1.29, 1.82) is 5.26 Å². The summed E-state index contributed by atoms with van der Waals surface area (Å²) in [4.78, 5) is 11.1. The average molecular weight is 496 g/mol. The van der Waals surface area contributed by atoms with Crippen LogP contribution in [0.3, 0.4) is 0 Å². The van der Waals surface area contributed by atoms with Crippen LogP contribution in [0.2, 0.25) is 0 Å². The first-order valence-corrected chi connectivity index (χ1v) is 11.9. The summed E-state index contributed by atoms with van der Waals surface area (Å²) in [5.41, 5.74) is 4.60. The van der Waals surface area contributed by atoms with Crippen LogP contribution in [0.25, 0.3) is 16.8 Å². The van der Waals surface area contributed by atoms with E-state index < -0.39 is 23.0 Å². The molecular weight excluding hydrogens is 475 g/mol. The molecule has 1 aliphatic rings. The van der Waals surface area contributed by atoms with Crippen molar-refractivity contribution in [2.24, 2.45) is 0 Å². The SMILES string of the molecule is [B]C1Oc2ccc(F)c(C([B])([B])Nc3ncc(-c4ccc(CN(C)C)cc4C)c4nc(C#N)cn34)c2C1[B]. The number of nitrogens with one attached hydrogen (secondary N) is 1. The summed E-state index contributed by atoms with van der Waals surface area (Å²) in [6, 6.07) is 9.95. The monoisotopic (exact) mass is 496 g/mol. The first-order valence-electron chi connectivity index (χ1n) is 11.9. The summed E-state index contributed by atoms with van der Waals surface area (Å²) in [5.74, 6) is -1.06. The molecule has 38 heavy (non-hydrogen) atoms. The second-order valence-electron chi connectivity index (χ2n) is 9.75. The van der Waals surface area contributed by atoms with Crippen molar-refractivity contribution in [2.75, 3.05) is 19.4 Å². The van der Waals surface area contributed by atoms with Crippen molar-refractivity contribution >= 4 is 43.0 Å². The molecule has 0 amide bonds. The minimum Gasteiger partial charge on any atom is -0.500 e. The highest BCUT2D eigenvalue weighted by Crippen LogP contribution is 2.42. The lowest BCUT2D eigenvalue weighted by Crippen LogP contribution is -2.40. The van der Waals surface area contributed by atoms with Crippen molar-refractivity contribution < 1.29 is 9.13 Å². The number of nitriles is 1. The average Bonchev–Trinajstić information content (AvgIpc) is 3.41. The van der Waals surface area contributed by atoms with Gasteiger partial charge in [-0.15, -0.1) is 0 Å². The van der Waals surface area contributed by atoms with Crippen LogP contribution < -0.4 is 10.1 Å². The molecule has 1 aliphatic heterocycles. The Hall–Kier alpha value is -3.70. The molecule has 0 bridgehead atoms. The van der Waals surface area contributed by atoms with Crippen LogP contribution >= 0.6 is 0 Å². The van der Waals surface area contributed by atoms with Gasteiger partial charge in [-0.05, 0) is 66.6 Å². The van der Waals surface area contributed by atoms with E-state index in [2.05, 4.69) is 32.3 Å². The molecule has 180 valence electrons. The molecular formula is C26H21B4FN6O. The van der Waals surface area contributed by atoms with Gasteiger partial charge in [-0.3, -0.25) is 4.40 Å². The number of benzene rings is 2. The molecule has 2 unspecified atom stereocenters. The molecule has 0 spiro atoms. The summed E-state index contributed by atoms with van der Waals surface area (Å²) in [6.07, 6.45) is 3.13. The van der Waals surface area contributed by atoms with E-state index in [0.717, 1.165) is 23.2 Å². The second-order valence-corrected chi connectivity index (χ2v) is 9.75. The van der Waals surface area contributed by atoms with E-state index in [1.807, 2.05) is 33.2 Å². The Kier molecular flexibility index (Phi) is 6.52. The third-order valence-electron chi connectivity index (χ3n) is 6.52. The quantitative estimate of drug-likeness (QED) is 0.414. The predicted octanol–water partition coefficient (Wildman–Crippen LogP) is 2.43. The summed E-state index contributed by atoms with van der Waals surface area (Å²) in [5, 5.41) is 10.5. The fourth-order valence-corrected chi connectivity index (χ4v) is 4.86. The largest absolute Gasteiger partial charge is 0.500 e. The Morgan fingerprint density at radius 2 is 1.97 bits per heavy atom. The van der Waals surface area contributed by atoms with Gasteiger partial charge in [-0.2, -0.15) is 5.26 Å². The van der Waals surface area contributed by atoms with Gasteiger partial charge in [-0.1, -0.05) is 18.2 Å². The van der Waals surface area contributed by atoms with E-state index in [0.29, 0.717) is 17.0 Å². The zero-order chi connectivity index (χ0) is 27.4. The number of halogens is 1. The van der Waals surface area contributed by atoms with E-state index in [9.17, 15) is 5.26 Å². The molecule has 2 aromatic carbocycles. The highest BCUT2D eigenvalue weighted by atomic mass is 19.1. The number of rotatable bonds is 6. The Bertz CT molecular complexity index is 1600. The van der Waals surface area contributed by atoms with E-state index in [4.69, 9.17) is 36.1 Å². The third kappa shape index (κ3) is 4.45. The molecule has 0 fully saturated rings. The number of nitrogens with zero attached hydrogens (tertiary/aromatic N) is 5. The van der Waals surface area contributed by atoms with Crippen molar-refractivity contribution in [2.45, 2.75) is 30.6 Å². The molecule has 5 rings (SSSR count). The van der Waals surface area contributed by atoms with Crippen LogP contribution in [0.15, 0.2) is 42.7 Å². The Morgan fingerprint density at radius 1 is 1.21 bits per heavy atom. The molecule has 8 radical (unpaired) electrons. The zero-order valence-corrected chi connectivity index (χ0v) is 21.2. The van der Waals surface area contributed by atoms with Crippen LogP contribution in [-0.2, 0) is 11.9 Å². The summed E-state index contributed by atoms with van der Waals surface area (Å²) < 4.78 is 22.2. The number of hydrogen-bond donors (Lipinski definition) is 1. The number of ether oxygens (including phenoxy) is 1. The van der Waals surface area contributed by atoms with Gasteiger partial charge in [0.15, 0.2) is 11.3 Å². The van der Waals surface area contributed by atoms with Gasteiger partial charge in [0, 0.05) is 23.9 Å². The maximum Gasteiger partial charge on any atom is 0.208 e. The van der Waals surface area contributed by atoms with Gasteiger partial charge in [0.1, 0.15) is 25.5 Å². The van der Waals surface area contributed by atoms with Crippen LogP contribution in [0, 0.1) is 24.1 Å². The molecule has 1 N–H and O–H groups in total. The van der Waals surface area contributed by atoms with Gasteiger partial charge in [0.05, 0.1) is 35.7 Å². The minimum absolute atomic E-state index is 0.0950. The second kappa shape index (κ2) is 9.55. The minimum atomic E-state index is -1.97. The first-order chi connectivity index (χ1) is 18.0. The zero-order valence-electron chi connectivity index (χ0n) is 21.2. The van der Waals surface area contributed by atoms with Gasteiger partial charge in [0.2, 0.25) is 5.95 Å². The number of aryl methyl sites for hydroxylation is 1. The molecule has 7 nitrogen and oxygen atoms in total. The van der Waals surface area contributed by atoms with E-state index >= 15 is 4.39 Å². The molecule has 2 atom stereocenters. The van der Waals surface area contributed by atoms with Crippen molar-refractivity contribution in [3.63, 3.8) is 0 Å². The summed E-state index contributed by atoms with van der Waals surface area (Å²) >= 11 is 0. The molecule has 12 heteroatoms. The number of aromatic nitrogens is 3. The van der Waals surface area contributed by atoms with Gasteiger partial charge < -0.3 is 15.0 Å². The molecule has 2 aromatic heterocycles. The number of hydrogen-bond acceptors (Lipinski definition) is 6. The Balaban J connectivity index is 1.60. The van der Waals surface area contributed by atoms with Crippen molar-refractivity contribution in [3.05, 3.63) is 76.5 Å². The van der Waals surface area contributed by atoms with Crippen LogP contribution in [-0.4, -0.2) is 70.8 Å². The molecule has 4 aromatic rings. The van der Waals surface area contributed by atoms with Gasteiger partial charge >= 0.3 is 0 Å². The van der Waals surface area contributed by atoms with Crippen LogP contribution in [0.1, 0.15) is 33.8 Å². The number of anilines is 1. The third-order valence-corrected chi connectivity index (χ3v) is 6.52. The maximum atomic E-state index is 15.1. The summed E-state index contributed by atoms with van der Waals surface area (Å²) in [6.45, 7) is 2.80. The predicted molar refractivity (Wildman–Crippen MR) is 147 cm³/mol. The maximum absolute atomic E-state index is 15.1. The fourth-order valence-electron chi connectivity index (χ4n) is 4.86. The Labute approximate surface area is 226 Å². The highest BCUT2D eigenvalue weighted by molar-refractivity contribution is 6.41. The van der Waals surface area contributed by atoms with Crippen molar-refractivity contribution in [3.8, 4) is 22.9 Å². The standard InChI is InChI=1S/C26H21B4FN6O/c1-13-8-14(11-36(2)3)4-5-16(13)17-10-33-25(37-12-15(9-32)34-24(17)37)35-26(29,30)21-18(31)6-7-19-20(21)22(27)23(28)38-19/h4-8,10,12,22-23H,11H2,1-3H3,(H,33,35). The van der Waals surface area contributed by atoms with E-state index in [1.165, 1.54) is 18.3 Å². The van der Waals surface area contributed by atoms with E-state index in [-0.39, 0.29) is 22.8 Å².